The second kappa shape index (κ2) is 3.66. The van der Waals surface area contributed by atoms with Crippen LogP contribution in [0.25, 0.3) is 0 Å². The number of rotatable bonds is 1. The van der Waals surface area contributed by atoms with Crippen LogP contribution in [0, 0.1) is 5.92 Å². The van der Waals surface area contributed by atoms with Gasteiger partial charge in [0.2, 0.25) is 0 Å². The van der Waals surface area contributed by atoms with Crippen LogP contribution in [0.4, 0.5) is 0 Å². The summed E-state index contributed by atoms with van der Waals surface area (Å²) >= 11 is 0. The summed E-state index contributed by atoms with van der Waals surface area (Å²) in [4.78, 5) is 0. The molecule has 1 aliphatic heterocycles. The number of nitrogens with zero attached hydrogens (tertiary/aromatic N) is 1. The quantitative estimate of drug-likeness (QED) is 0.716. The highest BCUT2D eigenvalue weighted by molar-refractivity contribution is 6.02. The van der Waals surface area contributed by atoms with Crippen molar-refractivity contribution in [2.24, 2.45) is 11.0 Å². The van der Waals surface area contributed by atoms with Crippen molar-refractivity contribution in [3.63, 3.8) is 0 Å². The molecule has 2 nitrogen and oxygen atoms in total. The Morgan fingerprint density at radius 2 is 2.07 bits per heavy atom. The molecule has 0 fully saturated rings. The number of benzene rings is 1. The zero-order valence-corrected chi connectivity index (χ0v) is 8.33. The van der Waals surface area contributed by atoms with Crippen LogP contribution in [0.1, 0.15) is 18.9 Å². The summed E-state index contributed by atoms with van der Waals surface area (Å²) in [6.07, 6.45) is 0.966. The molecule has 1 atom stereocenters. The van der Waals surface area contributed by atoms with Crippen LogP contribution in [0.15, 0.2) is 47.7 Å². The minimum absolute atomic E-state index is 0.450. The van der Waals surface area contributed by atoms with Gasteiger partial charge in [0.05, 0.1) is 5.71 Å². The molecule has 0 radical (unpaired) electrons. The standard InChI is InChI=1S/C12H14N2/c1-9-8-10(2)13-14-12(9)11-6-4-3-5-7-11/h3-7,9,13H,2,8H2,1H3/t9-/m1/s1. The lowest BCUT2D eigenvalue weighted by Crippen LogP contribution is -2.25. The van der Waals surface area contributed by atoms with E-state index in [2.05, 4.69) is 36.2 Å². The summed E-state index contributed by atoms with van der Waals surface area (Å²) in [6, 6.07) is 10.3. The van der Waals surface area contributed by atoms with Crippen molar-refractivity contribution in [1.29, 1.82) is 0 Å². The fourth-order valence-electron chi connectivity index (χ4n) is 1.72. The van der Waals surface area contributed by atoms with Crippen molar-refractivity contribution in [2.75, 3.05) is 0 Å². The van der Waals surface area contributed by atoms with Crippen LogP contribution in [0.2, 0.25) is 0 Å². The predicted molar refractivity (Wildman–Crippen MR) is 59.0 cm³/mol. The summed E-state index contributed by atoms with van der Waals surface area (Å²) in [5, 5.41) is 4.33. The van der Waals surface area contributed by atoms with E-state index in [1.807, 2.05) is 18.2 Å². The van der Waals surface area contributed by atoms with E-state index in [0.29, 0.717) is 5.92 Å². The normalized spacial score (nSPS) is 21.4. The van der Waals surface area contributed by atoms with Crippen LogP contribution >= 0.6 is 0 Å². The molecule has 72 valence electrons. The fourth-order valence-corrected chi connectivity index (χ4v) is 1.72. The molecule has 1 N–H and O–H groups in total. The summed E-state index contributed by atoms with van der Waals surface area (Å²) in [5.74, 6) is 0.450. The van der Waals surface area contributed by atoms with Crippen LogP contribution < -0.4 is 5.43 Å². The van der Waals surface area contributed by atoms with Gasteiger partial charge >= 0.3 is 0 Å². The third-order valence-corrected chi connectivity index (χ3v) is 2.42. The van der Waals surface area contributed by atoms with E-state index in [1.165, 1.54) is 5.56 Å². The minimum Gasteiger partial charge on any atom is -0.283 e. The Morgan fingerprint density at radius 1 is 1.36 bits per heavy atom. The Bertz CT molecular complexity index is 365. The van der Waals surface area contributed by atoms with Crippen molar-refractivity contribution >= 4 is 5.71 Å². The molecule has 0 aromatic heterocycles. The molecule has 0 spiro atoms. The van der Waals surface area contributed by atoms with E-state index >= 15 is 0 Å². The number of hydrogen-bond donors (Lipinski definition) is 1. The lowest BCUT2D eigenvalue weighted by atomic mass is 9.93. The highest BCUT2D eigenvalue weighted by Gasteiger charge is 2.17. The van der Waals surface area contributed by atoms with Gasteiger partial charge in [0.1, 0.15) is 0 Å². The SMILES string of the molecule is C=C1C[C@@H](C)C(c2ccccc2)=NN1. The summed E-state index contributed by atoms with van der Waals surface area (Å²) in [5.41, 5.74) is 6.27. The molecule has 0 saturated heterocycles. The van der Waals surface area contributed by atoms with E-state index in [0.717, 1.165) is 17.8 Å². The highest BCUT2D eigenvalue weighted by Crippen LogP contribution is 2.19. The van der Waals surface area contributed by atoms with E-state index in [1.54, 1.807) is 0 Å². The maximum Gasteiger partial charge on any atom is 0.0711 e. The molecule has 1 heterocycles. The minimum atomic E-state index is 0.450. The van der Waals surface area contributed by atoms with E-state index in [-0.39, 0.29) is 0 Å². The molecule has 14 heavy (non-hydrogen) atoms. The third kappa shape index (κ3) is 1.69. The molecule has 0 amide bonds. The molecule has 0 saturated carbocycles. The largest absolute Gasteiger partial charge is 0.283 e. The fraction of sp³-hybridized carbons (Fsp3) is 0.250. The van der Waals surface area contributed by atoms with Crippen LogP contribution in [0.5, 0.6) is 0 Å². The molecular formula is C12H14N2. The van der Waals surface area contributed by atoms with Gasteiger partial charge in [-0.3, -0.25) is 5.43 Å². The first-order valence-corrected chi connectivity index (χ1v) is 4.84. The summed E-state index contributed by atoms with van der Waals surface area (Å²) in [7, 11) is 0. The second-order valence-electron chi connectivity index (χ2n) is 3.68. The average Bonchev–Trinajstić information content (AvgIpc) is 2.19. The van der Waals surface area contributed by atoms with Gasteiger partial charge in [-0.05, 0) is 12.0 Å². The highest BCUT2D eigenvalue weighted by atomic mass is 15.3. The smallest absolute Gasteiger partial charge is 0.0711 e. The zero-order chi connectivity index (χ0) is 9.97. The Hall–Kier alpha value is -1.57. The zero-order valence-electron chi connectivity index (χ0n) is 8.33. The maximum atomic E-state index is 4.33. The molecule has 0 aliphatic carbocycles. The van der Waals surface area contributed by atoms with Gasteiger partial charge in [0, 0.05) is 11.6 Å². The molecule has 0 bridgehead atoms. The Labute approximate surface area is 84.3 Å². The Balaban J connectivity index is 2.31. The molecule has 1 aromatic carbocycles. The van der Waals surface area contributed by atoms with Crippen molar-refractivity contribution in [3.05, 3.63) is 48.2 Å². The average molecular weight is 186 g/mol. The van der Waals surface area contributed by atoms with E-state index < -0.39 is 0 Å². The van der Waals surface area contributed by atoms with E-state index in [4.69, 9.17) is 0 Å². The first-order valence-electron chi connectivity index (χ1n) is 4.84. The maximum absolute atomic E-state index is 4.33. The molecule has 1 aromatic rings. The lowest BCUT2D eigenvalue weighted by Gasteiger charge is -2.21. The first-order chi connectivity index (χ1) is 6.77. The van der Waals surface area contributed by atoms with Gasteiger partial charge in [0.25, 0.3) is 0 Å². The van der Waals surface area contributed by atoms with Crippen molar-refractivity contribution in [2.45, 2.75) is 13.3 Å². The van der Waals surface area contributed by atoms with Crippen molar-refractivity contribution in [1.82, 2.24) is 5.43 Å². The molecule has 1 aliphatic rings. The Kier molecular flexibility index (Phi) is 2.35. The van der Waals surface area contributed by atoms with Crippen molar-refractivity contribution < 1.29 is 0 Å². The lowest BCUT2D eigenvalue weighted by molar-refractivity contribution is 0.653. The number of hydrazone groups is 1. The van der Waals surface area contributed by atoms with Gasteiger partial charge in [-0.15, -0.1) is 0 Å². The van der Waals surface area contributed by atoms with E-state index in [9.17, 15) is 0 Å². The molecule has 0 unspecified atom stereocenters. The van der Waals surface area contributed by atoms with Gasteiger partial charge in [0.15, 0.2) is 0 Å². The van der Waals surface area contributed by atoms with Gasteiger partial charge in [-0.25, -0.2) is 0 Å². The molecule has 2 heteroatoms. The van der Waals surface area contributed by atoms with Crippen molar-refractivity contribution in [3.8, 4) is 0 Å². The van der Waals surface area contributed by atoms with Crippen LogP contribution in [0.3, 0.4) is 0 Å². The third-order valence-electron chi connectivity index (χ3n) is 2.42. The number of allylic oxidation sites excluding steroid dienone is 1. The van der Waals surface area contributed by atoms with Crippen LogP contribution in [-0.4, -0.2) is 5.71 Å². The van der Waals surface area contributed by atoms with Gasteiger partial charge in [-0.1, -0.05) is 43.8 Å². The monoisotopic (exact) mass is 186 g/mol. The number of hydrogen-bond acceptors (Lipinski definition) is 2. The predicted octanol–water partition coefficient (Wildman–Crippen LogP) is 2.53. The topological polar surface area (TPSA) is 24.4 Å². The van der Waals surface area contributed by atoms with Crippen LogP contribution in [-0.2, 0) is 0 Å². The second-order valence-corrected chi connectivity index (χ2v) is 3.68. The first kappa shape index (κ1) is 9.00. The van der Waals surface area contributed by atoms with Gasteiger partial charge in [-0.2, -0.15) is 5.10 Å². The molecule has 2 rings (SSSR count). The number of nitrogens with one attached hydrogen (secondary N) is 1. The molecular weight excluding hydrogens is 172 g/mol. The summed E-state index contributed by atoms with van der Waals surface area (Å²) < 4.78 is 0. The van der Waals surface area contributed by atoms with Gasteiger partial charge < -0.3 is 0 Å². The summed E-state index contributed by atoms with van der Waals surface area (Å²) in [6.45, 7) is 6.05. The Morgan fingerprint density at radius 3 is 2.71 bits per heavy atom.